The highest BCUT2D eigenvalue weighted by atomic mass is 32.1. The number of methoxy groups -OCH3 is 2. The van der Waals surface area contributed by atoms with E-state index in [4.69, 9.17) is 21.7 Å². The highest BCUT2D eigenvalue weighted by Crippen LogP contribution is 2.09. The van der Waals surface area contributed by atoms with Gasteiger partial charge in [0.1, 0.15) is 0 Å². The fraction of sp³-hybridized carbons (Fsp3) is 0.500. The normalized spacial score (nSPS) is 9.58. The Morgan fingerprint density at radius 3 is 2.42 bits per heavy atom. The Bertz CT molecular complexity index is 336. The van der Waals surface area contributed by atoms with Crippen LogP contribution in [0.25, 0.3) is 0 Å². The van der Waals surface area contributed by atoms with Crippen molar-refractivity contribution in [1.29, 1.82) is 0 Å². The molecule has 0 aliphatic heterocycles. The van der Waals surface area contributed by atoms with Gasteiger partial charge in [0.15, 0.2) is 0 Å². The molecule has 0 radical (unpaired) electrons. The quantitative estimate of drug-likeness (QED) is 0.633. The zero-order valence-corrected chi connectivity index (χ0v) is 7.88. The summed E-state index contributed by atoms with van der Waals surface area (Å²) in [5.41, 5.74) is 0. The summed E-state index contributed by atoms with van der Waals surface area (Å²) in [5, 5.41) is 0. The van der Waals surface area contributed by atoms with Gasteiger partial charge >= 0.3 is 12.0 Å². The number of hydrogen-bond acceptors (Lipinski definition) is 5. The molecule has 66 valence electrons. The van der Waals surface area contributed by atoms with Gasteiger partial charge in [0, 0.05) is 7.05 Å². The Balaban J connectivity index is 3.29. The van der Waals surface area contributed by atoms with Crippen molar-refractivity contribution >= 4 is 12.2 Å². The van der Waals surface area contributed by atoms with Crippen molar-refractivity contribution in [3.05, 3.63) is 4.77 Å². The smallest absolute Gasteiger partial charge is 0.323 e. The van der Waals surface area contributed by atoms with Crippen LogP contribution in [0, 0.1) is 4.77 Å². The van der Waals surface area contributed by atoms with E-state index < -0.39 is 0 Å². The number of rotatable bonds is 2. The second kappa shape index (κ2) is 3.48. The Morgan fingerprint density at radius 1 is 1.25 bits per heavy atom. The van der Waals surface area contributed by atoms with Gasteiger partial charge in [-0.1, -0.05) is 0 Å². The molecule has 0 N–H and O–H groups in total. The first kappa shape index (κ1) is 8.92. The van der Waals surface area contributed by atoms with Crippen LogP contribution in [0.15, 0.2) is 0 Å². The van der Waals surface area contributed by atoms with E-state index in [0.717, 1.165) is 0 Å². The van der Waals surface area contributed by atoms with E-state index in [1.165, 1.54) is 14.2 Å². The largest absolute Gasteiger partial charge is 0.468 e. The van der Waals surface area contributed by atoms with E-state index in [-0.39, 0.29) is 6.01 Å². The third kappa shape index (κ3) is 1.53. The third-order valence-corrected chi connectivity index (χ3v) is 1.69. The van der Waals surface area contributed by atoms with Crippen LogP contribution in [0.4, 0.5) is 0 Å². The highest BCUT2D eigenvalue weighted by Gasteiger charge is 2.03. The molecular weight excluding hydrogens is 178 g/mol. The molecule has 1 aromatic heterocycles. The number of hydrogen-bond donors (Lipinski definition) is 0. The van der Waals surface area contributed by atoms with Gasteiger partial charge in [-0.15, -0.1) is 4.98 Å². The van der Waals surface area contributed by atoms with Gasteiger partial charge in [-0.25, -0.2) is 0 Å². The molecule has 0 aromatic carbocycles. The van der Waals surface area contributed by atoms with Crippen LogP contribution in [-0.2, 0) is 7.05 Å². The zero-order chi connectivity index (χ0) is 9.14. The maximum absolute atomic E-state index is 4.93. The standard InChI is InChI=1S/C6H9N3O2S/c1-9-5(11-3)7-4(10-2)8-6(9)12/h1-3H3. The summed E-state index contributed by atoms with van der Waals surface area (Å²) in [4.78, 5) is 7.78. The van der Waals surface area contributed by atoms with Gasteiger partial charge in [-0.3, -0.25) is 4.57 Å². The molecule has 5 nitrogen and oxygen atoms in total. The molecule has 0 saturated heterocycles. The molecule has 6 heteroatoms. The summed E-state index contributed by atoms with van der Waals surface area (Å²) in [7, 11) is 4.71. The van der Waals surface area contributed by atoms with Crippen LogP contribution in [0.3, 0.4) is 0 Å². The molecular formula is C6H9N3O2S. The Kier molecular flexibility index (Phi) is 2.59. The van der Waals surface area contributed by atoms with Crippen molar-refractivity contribution in [2.24, 2.45) is 7.05 Å². The molecule has 0 amide bonds. The lowest BCUT2D eigenvalue weighted by Gasteiger charge is -2.05. The van der Waals surface area contributed by atoms with Gasteiger partial charge in [0.25, 0.3) is 0 Å². The van der Waals surface area contributed by atoms with Gasteiger partial charge in [-0.2, -0.15) is 4.98 Å². The number of nitrogens with zero attached hydrogens (tertiary/aromatic N) is 3. The van der Waals surface area contributed by atoms with Crippen LogP contribution in [0.2, 0.25) is 0 Å². The molecule has 1 heterocycles. The molecule has 0 unspecified atom stereocenters. The van der Waals surface area contributed by atoms with E-state index in [0.29, 0.717) is 10.8 Å². The van der Waals surface area contributed by atoms with Crippen LogP contribution in [0.5, 0.6) is 12.0 Å². The van der Waals surface area contributed by atoms with Crippen molar-refractivity contribution in [3.8, 4) is 12.0 Å². The van der Waals surface area contributed by atoms with Crippen molar-refractivity contribution in [2.75, 3.05) is 14.2 Å². The summed E-state index contributed by atoms with van der Waals surface area (Å²) >= 11 is 4.91. The molecule has 12 heavy (non-hydrogen) atoms. The summed E-state index contributed by atoms with van der Waals surface area (Å²) in [6, 6.07) is 0.599. The predicted octanol–water partition coefficient (Wildman–Crippen LogP) is 0.562. The Labute approximate surface area is 75.0 Å². The molecule has 0 saturated carbocycles. The first-order chi connectivity index (χ1) is 5.69. The molecule has 0 fully saturated rings. The summed E-state index contributed by atoms with van der Waals surface area (Å²) < 4.78 is 11.7. The molecule has 0 spiro atoms. The molecule has 0 atom stereocenters. The lowest BCUT2D eigenvalue weighted by atomic mass is 10.9. The highest BCUT2D eigenvalue weighted by molar-refractivity contribution is 7.71. The summed E-state index contributed by atoms with van der Waals surface area (Å²) in [6.07, 6.45) is 0. The molecule has 0 bridgehead atoms. The first-order valence-corrected chi connectivity index (χ1v) is 3.63. The second-order valence-electron chi connectivity index (χ2n) is 2.04. The van der Waals surface area contributed by atoms with Gasteiger partial charge in [0.05, 0.1) is 14.2 Å². The van der Waals surface area contributed by atoms with Crippen molar-refractivity contribution in [3.63, 3.8) is 0 Å². The van der Waals surface area contributed by atoms with E-state index >= 15 is 0 Å². The topological polar surface area (TPSA) is 49.2 Å². The molecule has 1 rings (SSSR count). The third-order valence-electron chi connectivity index (χ3n) is 1.32. The molecule has 0 aliphatic rings. The van der Waals surface area contributed by atoms with Crippen molar-refractivity contribution < 1.29 is 9.47 Å². The number of ether oxygens (including phenoxy) is 2. The predicted molar refractivity (Wildman–Crippen MR) is 44.9 cm³/mol. The minimum atomic E-state index is 0.218. The molecule has 1 aromatic rings. The average Bonchev–Trinajstić information content (AvgIpc) is 2.09. The van der Waals surface area contributed by atoms with Crippen molar-refractivity contribution in [1.82, 2.24) is 14.5 Å². The lowest BCUT2D eigenvalue weighted by molar-refractivity contribution is 0.323. The molecule has 0 aliphatic carbocycles. The lowest BCUT2D eigenvalue weighted by Crippen LogP contribution is -2.06. The Morgan fingerprint density at radius 2 is 1.92 bits per heavy atom. The zero-order valence-electron chi connectivity index (χ0n) is 7.07. The monoisotopic (exact) mass is 187 g/mol. The summed E-state index contributed by atoms with van der Waals surface area (Å²) in [6.45, 7) is 0. The summed E-state index contributed by atoms with van der Waals surface area (Å²) in [5.74, 6) is 0. The Hall–Kier alpha value is -1.17. The second-order valence-corrected chi connectivity index (χ2v) is 2.40. The SMILES string of the molecule is COc1nc(OC)n(C)c(=S)n1. The minimum Gasteiger partial charge on any atom is -0.468 e. The van der Waals surface area contributed by atoms with E-state index in [1.54, 1.807) is 11.6 Å². The average molecular weight is 187 g/mol. The van der Waals surface area contributed by atoms with Crippen LogP contribution in [0.1, 0.15) is 0 Å². The van der Waals surface area contributed by atoms with Gasteiger partial charge in [0.2, 0.25) is 4.77 Å². The fourth-order valence-corrected chi connectivity index (χ4v) is 0.851. The van der Waals surface area contributed by atoms with E-state index in [1.807, 2.05) is 0 Å². The maximum atomic E-state index is 4.93. The minimum absolute atomic E-state index is 0.218. The van der Waals surface area contributed by atoms with Gasteiger partial charge in [-0.05, 0) is 12.2 Å². The number of aromatic nitrogens is 3. The maximum Gasteiger partial charge on any atom is 0.323 e. The van der Waals surface area contributed by atoms with E-state index in [9.17, 15) is 0 Å². The van der Waals surface area contributed by atoms with Crippen LogP contribution < -0.4 is 9.47 Å². The van der Waals surface area contributed by atoms with Gasteiger partial charge < -0.3 is 9.47 Å². The van der Waals surface area contributed by atoms with Crippen molar-refractivity contribution in [2.45, 2.75) is 0 Å². The van der Waals surface area contributed by atoms with Crippen LogP contribution in [-0.4, -0.2) is 28.8 Å². The first-order valence-electron chi connectivity index (χ1n) is 3.22. The van der Waals surface area contributed by atoms with Crippen LogP contribution >= 0.6 is 12.2 Å². The van der Waals surface area contributed by atoms with E-state index in [2.05, 4.69) is 9.97 Å². The fourth-order valence-electron chi connectivity index (χ4n) is 0.694.